The zero-order valence-corrected chi connectivity index (χ0v) is 19.6. The maximum absolute atomic E-state index is 12.2. The molecule has 0 heterocycles. The van der Waals surface area contributed by atoms with Gasteiger partial charge < -0.3 is 4.90 Å². The molecule has 1 aliphatic rings. The Kier molecular flexibility index (Phi) is 7.38. The largest absolute Gasteiger partial charge is 0.300 e. The molecule has 2 N–H and O–H groups in total. The topological polar surface area (TPSA) is 63.4 Å². The van der Waals surface area contributed by atoms with E-state index in [1.807, 2.05) is 12.1 Å². The third kappa shape index (κ3) is 5.13. The Labute approximate surface area is 182 Å². The Morgan fingerprint density at radius 1 is 1.03 bits per heavy atom. The molecular formula is C25H36N2O2S. The van der Waals surface area contributed by atoms with Gasteiger partial charge in [0.05, 0.1) is 4.90 Å². The summed E-state index contributed by atoms with van der Waals surface area (Å²) in [4.78, 5) is 2.85. The third-order valence-corrected chi connectivity index (χ3v) is 7.20. The van der Waals surface area contributed by atoms with Gasteiger partial charge in [0.1, 0.15) is 0 Å². The number of benzene rings is 2. The van der Waals surface area contributed by atoms with E-state index in [-0.39, 0.29) is 4.90 Å². The number of hydrogen-bond donors (Lipinski definition) is 1. The summed E-state index contributed by atoms with van der Waals surface area (Å²) in [6.07, 6.45) is 5.64. The maximum Gasteiger partial charge on any atom is 0.238 e. The van der Waals surface area contributed by atoms with Gasteiger partial charge in [-0.25, -0.2) is 13.6 Å². The Morgan fingerprint density at radius 2 is 1.73 bits per heavy atom. The summed E-state index contributed by atoms with van der Waals surface area (Å²) in [5.74, 6) is 0.319. The van der Waals surface area contributed by atoms with Gasteiger partial charge in [0, 0.05) is 11.6 Å². The fraction of sp³-hybridized carbons (Fsp3) is 0.520. The van der Waals surface area contributed by atoms with Crippen LogP contribution in [0.1, 0.15) is 69.6 Å². The normalized spacial score (nSPS) is 16.8. The van der Waals surface area contributed by atoms with Gasteiger partial charge in [-0.3, -0.25) is 0 Å². The molecule has 0 aliphatic heterocycles. The number of aryl methyl sites for hydroxylation is 1. The van der Waals surface area contributed by atoms with E-state index in [0.717, 1.165) is 43.5 Å². The number of rotatable bonds is 8. The minimum atomic E-state index is -3.78. The number of nitrogens with zero attached hydrogens (tertiary/aromatic N) is 1. The zero-order chi connectivity index (χ0) is 21.9. The second kappa shape index (κ2) is 9.63. The number of primary sulfonamides is 1. The molecule has 0 radical (unpaired) electrons. The van der Waals surface area contributed by atoms with Gasteiger partial charge in [-0.2, -0.15) is 0 Å². The summed E-state index contributed by atoms with van der Waals surface area (Å²) >= 11 is 0. The molecule has 2 aromatic carbocycles. The Hall–Kier alpha value is -1.69. The summed E-state index contributed by atoms with van der Waals surface area (Å²) in [6.45, 7) is 11.0. The van der Waals surface area contributed by atoms with Gasteiger partial charge in [0.2, 0.25) is 10.0 Å². The lowest BCUT2D eigenvalue weighted by molar-refractivity contribution is 0.180. The molecule has 30 heavy (non-hydrogen) atoms. The standard InChI is InChI=1S/C25H36N2O2S/c1-5-13-27(14-6-2)23-11-9-20-15-22(8-7-21(20)16-23)24-17-19(18(3)4)10-12-25(24)30(26,28)29/h7-8,10,12,15,17-18,23H,5-6,9,11,13-14,16H2,1-4H3,(H2,26,28,29)/t23-/m1/s1. The van der Waals surface area contributed by atoms with Crippen molar-refractivity contribution >= 4 is 10.0 Å². The second-order valence-electron chi connectivity index (χ2n) is 8.87. The van der Waals surface area contributed by atoms with Gasteiger partial charge in [0.15, 0.2) is 0 Å². The smallest absolute Gasteiger partial charge is 0.238 e. The molecule has 0 spiro atoms. The highest BCUT2D eigenvalue weighted by atomic mass is 32.2. The van der Waals surface area contributed by atoms with Crippen LogP contribution in [0.5, 0.6) is 0 Å². The van der Waals surface area contributed by atoms with Crippen LogP contribution in [0.2, 0.25) is 0 Å². The Balaban J connectivity index is 1.96. The van der Waals surface area contributed by atoms with E-state index in [1.54, 1.807) is 6.07 Å². The van der Waals surface area contributed by atoms with E-state index in [1.165, 1.54) is 24.0 Å². The van der Waals surface area contributed by atoms with Crippen molar-refractivity contribution in [3.8, 4) is 11.1 Å². The average Bonchev–Trinajstić information content (AvgIpc) is 2.71. The monoisotopic (exact) mass is 428 g/mol. The predicted molar refractivity (Wildman–Crippen MR) is 125 cm³/mol. The van der Waals surface area contributed by atoms with E-state index in [0.29, 0.717) is 17.5 Å². The molecule has 1 aliphatic carbocycles. The first-order valence-corrected chi connectivity index (χ1v) is 12.8. The van der Waals surface area contributed by atoms with Crippen LogP contribution in [0.4, 0.5) is 0 Å². The molecule has 3 rings (SSSR count). The summed E-state index contributed by atoms with van der Waals surface area (Å²) in [5, 5.41) is 5.53. The van der Waals surface area contributed by atoms with Crippen molar-refractivity contribution in [2.75, 3.05) is 13.1 Å². The van der Waals surface area contributed by atoms with Crippen LogP contribution >= 0.6 is 0 Å². The summed E-state index contributed by atoms with van der Waals surface area (Å²) in [6, 6.07) is 12.6. The highest BCUT2D eigenvalue weighted by Crippen LogP contribution is 2.34. The number of nitrogens with two attached hydrogens (primary N) is 1. The van der Waals surface area contributed by atoms with E-state index in [4.69, 9.17) is 5.14 Å². The van der Waals surface area contributed by atoms with Gasteiger partial charge in [0.25, 0.3) is 0 Å². The second-order valence-corrected chi connectivity index (χ2v) is 10.4. The van der Waals surface area contributed by atoms with Gasteiger partial charge in [-0.05, 0) is 85.5 Å². The fourth-order valence-electron chi connectivity index (χ4n) is 4.65. The minimum absolute atomic E-state index is 0.206. The lowest BCUT2D eigenvalue weighted by atomic mass is 9.85. The number of sulfonamides is 1. The first-order valence-electron chi connectivity index (χ1n) is 11.3. The highest BCUT2D eigenvalue weighted by Gasteiger charge is 2.24. The maximum atomic E-state index is 12.2. The molecule has 5 heteroatoms. The van der Waals surface area contributed by atoms with Crippen molar-refractivity contribution in [2.45, 2.75) is 76.7 Å². The van der Waals surface area contributed by atoms with Crippen molar-refractivity contribution in [1.29, 1.82) is 0 Å². The van der Waals surface area contributed by atoms with E-state index in [9.17, 15) is 8.42 Å². The molecule has 164 valence electrons. The highest BCUT2D eigenvalue weighted by molar-refractivity contribution is 7.89. The fourth-order valence-corrected chi connectivity index (χ4v) is 5.39. The van der Waals surface area contributed by atoms with Gasteiger partial charge in [-0.15, -0.1) is 0 Å². The molecule has 0 fully saturated rings. The first kappa shape index (κ1) is 23.0. The van der Waals surface area contributed by atoms with Crippen LogP contribution in [0.15, 0.2) is 41.3 Å². The molecular weight excluding hydrogens is 392 g/mol. The Bertz CT molecular complexity index is 977. The molecule has 2 aromatic rings. The van der Waals surface area contributed by atoms with Crippen molar-refractivity contribution in [1.82, 2.24) is 4.90 Å². The molecule has 0 aromatic heterocycles. The zero-order valence-electron chi connectivity index (χ0n) is 18.8. The molecule has 0 saturated heterocycles. The van der Waals surface area contributed by atoms with E-state index in [2.05, 4.69) is 50.8 Å². The summed E-state index contributed by atoms with van der Waals surface area (Å²) in [5.41, 5.74) is 5.51. The SMILES string of the molecule is CCCN(CCC)[C@@H]1CCc2cc(-c3cc(C(C)C)ccc3S(N)(=O)=O)ccc2C1. The summed E-state index contributed by atoms with van der Waals surface area (Å²) in [7, 11) is -3.78. The van der Waals surface area contributed by atoms with E-state index < -0.39 is 10.0 Å². The lowest BCUT2D eigenvalue weighted by Gasteiger charge is -2.35. The summed E-state index contributed by atoms with van der Waals surface area (Å²) < 4.78 is 24.4. The minimum Gasteiger partial charge on any atom is -0.300 e. The van der Waals surface area contributed by atoms with Crippen LogP contribution in [-0.4, -0.2) is 32.4 Å². The van der Waals surface area contributed by atoms with Crippen LogP contribution in [0.3, 0.4) is 0 Å². The average molecular weight is 429 g/mol. The molecule has 0 amide bonds. The number of hydrogen-bond acceptors (Lipinski definition) is 3. The van der Waals surface area contributed by atoms with Gasteiger partial charge in [-0.1, -0.05) is 52.0 Å². The van der Waals surface area contributed by atoms with Crippen molar-refractivity contribution in [3.63, 3.8) is 0 Å². The van der Waals surface area contributed by atoms with Crippen LogP contribution in [0, 0.1) is 0 Å². The number of fused-ring (bicyclic) bond motifs is 1. The molecule has 4 nitrogen and oxygen atoms in total. The predicted octanol–water partition coefficient (Wildman–Crippen LogP) is 5.10. The lowest BCUT2D eigenvalue weighted by Crippen LogP contribution is -2.40. The van der Waals surface area contributed by atoms with Gasteiger partial charge >= 0.3 is 0 Å². The first-order chi connectivity index (χ1) is 14.2. The van der Waals surface area contributed by atoms with Crippen LogP contribution < -0.4 is 5.14 Å². The van der Waals surface area contributed by atoms with Crippen molar-refractivity contribution in [3.05, 3.63) is 53.1 Å². The van der Waals surface area contributed by atoms with Crippen LogP contribution in [0.25, 0.3) is 11.1 Å². The van der Waals surface area contributed by atoms with Crippen molar-refractivity contribution in [2.24, 2.45) is 5.14 Å². The van der Waals surface area contributed by atoms with Crippen LogP contribution in [-0.2, 0) is 22.9 Å². The van der Waals surface area contributed by atoms with Crippen molar-refractivity contribution < 1.29 is 8.42 Å². The molecule has 1 atom stereocenters. The molecule has 0 bridgehead atoms. The Morgan fingerprint density at radius 3 is 2.33 bits per heavy atom. The molecule has 0 saturated carbocycles. The molecule has 0 unspecified atom stereocenters. The van der Waals surface area contributed by atoms with E-state index >= 15 is 0 Å². The quantitative estimate of drug-likeness (QED) is 0.636. The third-order valence-electron chi connectivity index (χ3n) is 6.23.